The summed E-state index contributed by atoms with van der Waals surface area (Å²) in [6.45, 7) is 15.0. The molecule has 0 radical (unpaired) electrons. The number of hydrogen-bond donors (Lipinski definition) is 4. The maximum Gasteiger partial charge on any atom is 0.243 e. The van der Waals surface area contributed by atoms with E-state index in [-0.39, 0.29) is 89.0 Å². The molecule has 0 saturated carbocycles. The fourth-order valence-electron chi connectivity index (χ4n) is 9.20. The Kier molecular flexibility index (Phi) is 17.3. The average Bonchev–Trinajstić information content (AvgIpc) is 4.20. The van der Waals surface area contributed by atoms with Gasteiger partial charge in [-0.05, 0) is 69.4 Å². The summed E-state index contributed by atoms with van der Waals surface area (Å²) in [4.78, 5) is 68.2. The van der Waals surface area contributed by atoms with E-state index in [0.717, 1.165) is 48.4 Å². The Morgan fingerprint density at radius 2 is 1.59 bits per heavy atom. The summed E-state index contributed by atoms with van der Waals surface area (Å²) in [5, 5.41) is 34.0. The maximum atomic E-state index is 14.1. The number of aromatic nitrogens is 5. The molecule has 386 valence electrons. The van der Waals surface area contributed by atoms with Gasteiger partial charge in [-0.2, -0.15) is 0 Å². The third kappa shape index (κ3) is 12.4. The van der Waals surface area contributed by atoms with Crippen molar-refractivity contribution in [1.29, 1.82) is 0 Å². The summed E-state index contributed by atoms with van der Waals surface area (Å²) >= 11 is 9.42. The molecule has 1 fully saturated rings. The van der Waals surface area contributed by atoms with E-state index in [1.165, 1.54) is 16.2 Å². The van der Waals surface area contributed by atoms with Crippen LogP contribution >= 0.6 is 34.3 Å². The van der Waals surface area contributed by atoms with Crippen molar-refractivity contribution in [3.63, 3.8) is 0 Å². The summed E-state index contributed by atoms with van der Waals surface area (Å²) < 4.78 is 19.0. The van der Waals surface area contributed by atoms with Crippen molar-refractivity contribution in [1.82, 2.24) is 45.8 Å². The second-order valence-corrected chi connectivity index (χ2v) is 21.2. The number of benzene rings is 2. The quantitative estimate of drug-likeness (QED) is 0.0544. The van der Waals surface area contributed by atoms with Crippen molar-refractivity contribution in [3.8, 4) is 15.4 Å². The number of β-amino-alcohol motifs (C(OH)–C–C–N with tert-alkyl or cyclic N) is 1. The van der Waals surface area contributed by atoms with E-state index in [1.807, 2.05) is 80.8 Å². The highest BCUT2D eigenvalue weighted by atomic mass is 35.5. The number of nitrogens with zero attached hydrogens (tertiary/aromatic N) is 7. The highest BCUT2D eigenvalue weighted by Crippen LogP contribution is 2.40. The predicted octanol–water partition coefficient (Wildman–Crippen LogP) is 6.83. The Hall–Kier alpha value is -6.16. The first-order chi connectivity index (χ1) is 35.1. The van der Waals surface area contributed by atoms with Crippen molar-refractivity contribution < 1.29 is 38.3 Å². The van der Waals surface area contributed by atoms with Crippen molar-refractivity contribution in [3.05, 3.63) is 121 Å². The number of ether oxygens (including phenoxy) is 2. The highest BCUT2D eigenvalue weighted by molar-refractivity contribution is 7.15. The smallest absolute Gasteiger partial charge is 0.243 e. The zero-order valence-electron chi connectivity index (χ0n) is 41.9. The number of carbonyl (C=O) groups is 4. The van der Waals surface area contributed by atoms with E-state index in [2.05, 4.69) is 50.1 Å². The number of likely N-dealkylation sites (tertiary alicyclic amines) is 1. The molecule has 2 aliphatic rings. The summed E-state index contributed by atoms with van der Waals surface area (Å²) in [6.07, 6.45) is -0.911. The fourth-order valence-corrected chi connectivity index (χ4v) is 11.4. The molecule has 21 heteroatoms. The van der Waals surface area contributed by atoms with Crippen molar-refractivity contribution >= 4 is 63.6 Å². The number of aliphatic imine (C=N–C) groups is 1. The van der Waals surface area contributed by atoms with Crippen LogP contribution in [0.3, 0.4) is 0 Å². The molecule has 5 atom stereocenters. The molecule has 0 bridgehead atoms. The molecule has 0 aliphatic carbocycles. The van der Waals surface area contributed by atoms with Crippen LogP contribution in [0.25, 0.3) is 15.4 Å². The number of aliphatic hydroxyl groups excluding tert-OH is 1. The second kappa shape index (κ2) is 23.8. The van der Waals surface area contributed by atoms with Crippen LogP contribution in [0.4, 0.5) is 0 Å². The third-order valence-corrected chi connectivity index (χ3v) is 15.4. The molecule has 2 aliphatic heterocycles. The number of carbonyl (C=O) groups excluding carboxylic acids is 4. The van der Waals surface area contributed by atoms with Crippen LogP contribution in [-0.4, -0.2) is 122 Å². The van der Waals surface area contributed by atoms with Crippen LogP contribution in [0.5, 0.6) is 0 Å². The topological polar surface area (TPSA) is 228 Å². The van der Waals surface area contributed by atoms with Crippen molar-refractivity contribution in [2.75, 3.05) is 46.1 Å². The van der Waals surface area contributed by atoms with Gasteiger partial charge < -0.3 is 40.0 Å². The van der Waals surface area contributed by atoms with Gasteiger partial charge in [-0.15, -0.1) is 32.9 Å². The van der Waals surface area contributed by atoms with Crippen LogP contribution in [0, 0.1) is 40.5 Å². The lowest BCUT2D eigenvalue weighted by Crippen LogP contribution is -2.49. The zero-order chi connectivity index (χ0) is 51.9. The number of thiophene rings is 1. The molecule has 4 N–H and O–H groups in total. The number of thiazole rings is 1. The monoisotopic (exact) mass is 1050 g/mol. The number of fused-ring (bicyclic) bond motifs is 3. The van der Waals surface area contributed by atoms with Crippen LogP contribution in [-0.2, 0) is 28.7 Å². The second-order valence-electron chi connectivity index (χ2n) is 18.7. The van der Waals surface area contributed by atoms with Gasteiger partial charge in [0.2, 0.25) is 23.6 Å². The van der Waals surface area contributed by atoms with E-state index < -0.39 is 36.1 Å². The lowest BCUT2D eigenvalue weighted by molar-refractivity contribution is -0.141. The molecule has 8 rings (SSSR count). The number of aryl methyl sites for hydroxylation is 4. The molecule has 0 unspecified atom stereocenters. The van der Waals surface area contributed by atoms with E-state index in [4.69, 9.17) is 30.6 Å². The molecule has 6 aromatic rings. The van der Waals surface area contributed by atoms with Crippen LogP contribution in [0.15, 0.2) is 69.6 Å². The van der Waals surface area contributed by atoms with Gasteiger partial charge in [0, 0.05) is 53.1 Å². The standard InChI is InChI=1S/C52H61ClN10O8S2/c1-28(2)45(42-22-29(3)61-71-42)51(68)62-26-38(64)23-41(62)50(67)58-39(34-8-10-36(11-9-34)48-31(5)56-27-72-48)24-43(65)54-16-18-69-20-21-70-19-17-55-44(66)25-40-49-60-59-33(7)63(49)52-46(30(4)32(6)73-52)47(57-40)35-12-14-37(53)15-13-35/h8-15,22,27-28,38-41,45,64H,16-21,23-26H2,1-7H3,(H,54,65)(H,55,66)(H,58,67)/t38-,39+,40+,41+,45-/m1/s1. The van der Waals surface area contributed by atoms with Gasteiger partial charge >= 0.3 is 0 Å². The zero-order valence-corrected chi connectivity index (χ0v) is 44.3. The van der Waals surface area contributed by atoms with E-state index in [9.17, 15) is 24.3 Å². The largest absolute Gasteiger partial charge is 0.391 e. The first kappa shape index (κ1) is 53.1. The Morgan fingerprint density at radius 1 is 0.904 bits per heavy atom. The molecule has 4 amide bonds. The Labute approximate surface area is 436 Å². The Balaban J connectivity index is 0.807. The molecule has 2 aromatic carbocycles. The molecule has 1 saturated heterocycles. The van der Waals surface area contributed by atoms with Gasteiger partial charge in [0.25, 0.3) is 0 Å². The van der Waals surface area contributed by atoms with Gasteiger partial charge in [0.1, 0.15) is 34.6 Å². The molecule has 73 heavy (non-hydrogen) atoms. The molecule has 4 aromatic heterocycles. The number of amides is 4. The highest BCUT2D eigenvalue weighted by Gasteiger charge is 2.44. The molecular weight excluding hydrogens is 992 g/mol. The van der Waals surface area contributed by atoms with E-state index in [0.29, 0.717) is 33.7 Å². The lowest BCUT2D eigenvalue weighted by Gasteiger charge is -2.30. The average molecular weight is 1050 g/mol. The molecule has 18 nitrogen and oxygen atoms in total. The van der Waals surface area contributed by atoms with Gasteiger partial charge in [-0.1, -0.05) is 67.0 Å². The predicted molar refractivity (Wildman–Crippen MR) is 278 cm³/mol. The van der Waals surface area contributed by atoms with Crippen molar-refractivity contribution in [2.45, 2.75) is 97.9 Å². The Morgan fingerprint density at radius 3 is 2.23 bits per heavy atom. The van der Waals surface area contributed by atoms with E-state index >= 15 is 0 Å². The number of rotatable bonds is 21. The SMILES string of the molecule is Cc1cc([C@H](C(=O)N2C[C@H](O)C[C@H]2C(=O)N[C@@H](CC(=O)NCCOCCOCCNC(=O)C[C@@H]2N=C(c3ccc(Cl)cc3)c3c(sc(C)c3C)-n3c(C)nnc32)c2ccc(-c3scnc3C)cc2)C(C)C)on1. The number of aliphatic hydroxyl groups is 1. The van der Waals surface area contributed by atoms with Gasteiger partial charge in [0.05, 0.1) is 78.9 Å². The van der Waals surface area contributed by atoms with E-state index in [1.54, 1.807) is 29.8 Å². The summed E-state index contributed by atoms with van der Waals surface area (Å²) in [5.74, 6) is -0.530. The number of halogens is 1. The van der Waals surface area contributed by atoms with Crippen LogP contribution in [0.1, 0.15) is 107 Å². The van der Waals surface area contributed by atoms with Crippen molar-refractivity contribution in [2.24, 2.45) is 10.9 Å². The number of hydrogen-bond acceptors (Lipinski definition) is 15. The Bertz CT molecular complexity index is 2950. The minimum Gasteiger partial charge on any atom is -0.391 e. The van der Waals surface area contributed by atoms with Crippen LogP contribution in [0.2, 0.25) is 5.02 Å². The summed E-state index contributed by atoms with van der Waals surface area (Å²) in [5.41, 5.74) is 8.73. The minimum absolute atomic E-state index is 0.0179. The van der Waals surface area contributed by atoms with Crippen LogP contribution < -0.4 is 16.0 Å². The maximum absolute atomic E-state index is 14.1. The third-order valence-electron chi connectivity index (χ3n) is 13.0. The molecule has 6 heterocycles. The lowest BCUT2D eigenvalue weighted by atomic mass is 9.91. The minimum atomic E-state index is -0.974. The first-order valence-corrected chi connectivity index (χ1v) is 26.4. The first-order valence-electron chi connectivity index (χ1n) is 24.4. The molecular formula is C52H61ClN10O8S2. The fraction of sp³-hybridized carbons (Fsp3) is 0.442. The molecule has 0 spiro atoms. The number of nitrogens with one attached hydrogen (secondary N) is 3. The normalized spacial score (nSPS) is 17.2. The van der Waals surface area contributed by atoms with Gasteiger partial charge in [0.15, 0.2) is 5.82 Å². The van der Waals surface area contributed by atoms with Gasteiger partial charge in [-0.25, -0.2) is 4.98 Å². The summed E-state index contributed by atoms with van der Waals surface area (Å²) in [7, 11) is 0. The summed E-state index contributed by atoms with van der Waals surface area (Å²) in [6, 6.07) is 14.5. The van der Waals surface area contributed by atoms with Gasteiger partial charge in [-0.3, -0.25) is 28.7 Å².